The number of hydrogen-bond acceptors (Lipinski definition) is 1. The molecule has 1 atom stereocenters. The molecule has 0 aromatic heterocycles. The highest BCUT2D eigenvalue weighted by Crippen LogP contribution is 2.25. The van der Waals surface area contributed by atoms with Gasteiger partial charge >= 0.3 is 0 Å². The summed E-state index contributed by atoms with van der Waals surface area (Å²) in [6.07, 6.45) is 5.43. The van der Waals surface area contributed by atoms with E-state index in [-0.39, 0.29) is 0 Å². The van der Waals surface area contributed by atoms with Crippen LogP contribution >= 0.6 is 0 Å². The Labute approximate surface area is 73.1 Å². The highest BCUT2D eigenvalue weighted by atomic mass is 14.9. The van der Waals surface area contributed by atoms with Crippen LogP contribution in [0.15, 0.2) is 36.4 Å². The van der Waals surface area contributed by atoms with E-state index in [1.165, 1.54) is 11.3 Å². The van der Waals surface area contributed by atoms with Crippen LogP contribution in [0.4, 0.5) is 5.69 Å². The van der Waals surface area contributed by atoms with Gasteiger partial charge in [-0.05, 0) is 25.0 Å². The van der Waals surface area contributed by atoms with Gasteiger partial charge in [-0.1, -0.05) is 30.4 Å². The van der Waals surface area contributed by atoms with E-state index in [2.05, 4.69) is 48.7 Å². The van der Waals surface area contributed by atoms with Crippen molar-refractivity contribution >= 4 is 5.69 Å². The molecule has 1 aromatic rings. The molecule has 1 aliphatic heterocycles. The van der Waals surface area contributed by atoms with E-state index >= 15 is 0 Å². The van der Waals surface area contributed by atoms with Crippen molar-refractivity contribution in [2.24, 2.45) is 0 Å². The number of benzene rings is 1. The number of para-hydroxylation sites is 1. The smallest absolute Gasteiger partial charge is 0.0485 e. The van der Waals surface area contributed by atoms with Crippen LogP contribution in [-0.2, 0) is 6.42 Å². The second kappa shape index (κ2) is 3.02. The average Bonchev–Trinajstić information content (AvgIpc) is 2.47. The molecule has 1 aliphatic rings. The molecule has 1 nitrogen and oxygen atoms in total. The molecule has 0 saturated heterocycles. The number of nitrogens with one attached hydrogen (secondary N) is 1. The van der Waals surface area contributed by atoms with Crippen LogP contribution in [-0.4, -0.2) is 6.04 Å². The standard InChI is InChI=1S/C11H13N/c1-2-5-10-8-9-6-3-4-7-11(9)12-10/h2-7,10,12H,8H2,1H3. The van der Waals surface area contributed by atoms with Gasteiger partial charge in [0.1, 0.15) is 0 Å². The van der Waals surface area contributed by atoms with E-state index in [1.807, 2.05) is 0 Å². The predicted octanol–water partition coefficient (Wildman–Crippen LogP) is 2.60. The first kappa shape index (κ1) is 7.41. The van der Waals surface area contributed by atoms with Crippen LogP contribution in [0.3, 0.4) is 0 Å². The average molecular weight is 159 g/mol. The fourth-order valence-electron chi connectivity index (χ4n) is 1.68. The van der Waals surface area contributed by atoms with Crippen molar-refractivity contribution in [1.29, 1.82) is 0 Å². The third-order valence-corrected chi connectivity index (χ3v) is 2.22. The van der Waals surface area contributed by atoms with Gasteiger partial charge in [-0.15, -0.1) is 0 Å². The zero-order valence-corrected chi connectivity index (χ0v) is 7.25. The van der Waals surface area contributed by atoms with E-state index in [1.54, 1.807) is 0 Å². The maximum absolute atomic E-state index is 3.45. The number of rotatable bonds is 1. The van der Waals surface area contributed by atoms with E-state index in [4.69, 9.17) is 0 Å². The topological polar surface area (TPSA) is 12.0 Å². The molecule has 1 heterocycles. The van der Waals surface area contributed by atoms with Gasteiger partial charge in [0, 0.05) is 11.7 Å². The minimum atomic E-state index is 0.507. The molecular formula is C11H13N. The summed E-state index contributed by atoms with van der Waals surface area (Å²) in [5.41, 5.74) is 2.72. The van der Waals surface area contributed by atoms with E-state index in [0.717, 1.165) is 6.42 Å². The van der Waals surface area contributed by atoms with Crippen LogP contribution in [0.2, 0.25) is 0 Å². The van der Waals surface area contributed by atoms with Crippen molar-refractivity contribution in [3.05, 3.63) is 42.0 Å². The van der Waals surface area contributed by atoms with E-state index in [9.17, 15) is 0 Å². The Balaban J connectivity index is 2.22. The Morgan fingerprint density at radius 2 is 2.25 bits per heavy atom. The molecule has 0 fully saturated rings. The van der Waals surface area contributed by atoms with Crippen LogP contribution in [0.25, 0.3) is 0 Å². The Bertz CT molecular complexity index is 277. The molecule has 2 rings (SSSR count). The van der Waals surface area contributed by atoms with E-state index < -0.39 is 0 Å². The van der Waals surface area contributed by atoms with Crippen molar-refractivity contribution < 1.29 is 0 Å². The molecule has 0 saturated carbocycles. The minimum absolute atomic E-state index is 0.507. The fraction of sp³-hybridized carbons (Fsp3) is 0.273. The summed E-state index contributed by atoms with van der Waals surface area (Å²) in [7, 11) is 0. The van der Waals surface area contributed by atoms with Gasteiger partial charge in [-0.3, -0.25) is 0 Å². The summed E-state index contributed by atoms with van der Waals surface area (Å²) in [5.74, 6) is 0. The number of anilines is 1. The molecule has 62 valence electrons. The Hall–Kier alpha value is -1.24. The lowest BCUT2D eigenvalue weighted by atomic mass is 10.1. The Kier molecular flexibility index (Phi) is 1.86. The molecule has 0 aliphatic carbocycles. The molecule has 1 aromatic carbocycles. The van der Waals surface area contributed by atoms with Crippen molar-refractivity contribution in [2.75, 3.05) is 5.32 Å². The van der Waals surface area contributed by atoms with Gasteiger partial charge in [0.2, 0.25) is 0 Å². The largest absolute Gasteiger partial charge is 0.378 e. The maximum Gasteiger partial charge on any atom is 0.0485 e. The van der Waals surface area contributed by atoms with Gasteiger partial charge in [0.15, 0.2) is 0 Å². The molecule has 1 N–H and O–H groups in total. The number of fused-ring (bicyclic) bond motifs is 1. The lowest BCUT2D eigenvalue weighted by molar-refractivity contribution is 0.922. The summed E-state index contributed by atoms with van der Waals surface area (Å²) in [6, 6.07) is 9.00. The lowest BCUT2D eigenvalue weighted by Gasteiger charge is -2.03. The van der Waals surface area contributed by atoms with Crippen molar-refractivity contribution in [2.45, 2.75) is 19.4 Å². The summed E-state index contributed by atoms with van der Waals surface area (Å²) in [6.45, 7) is 2.06. The molecule has 0 radical (unpaired) electrons. The minimum Gasteiger partial charge on any atom is -0.378 e. The summed E-state index contributed by atoms with van der Waals surface area (Å²) in [4.78, 5) is 0. The first-order valence-corrected chi connectivity index (χ1v) is 4.37. The Morgan fingerprint density at radius 1 is 1.42 bits per heavy atom. The van der Waals surface area contributed by atoms with E-state index in [0.29, 0.717) is 6.04 Å². The molecular weight excluding hydrogens is 146 g/mol. The monoisotopic (exact) mass is 159 g/mol. The number of allylic oxidation sites excluding steroid dienone is 1. The van der Waals surface area contributed by atoms with Gasteiger partial charge in [0.25, 0.3) is 0 Å². The highest BCUT2D eigenvalue weighted by Gasteiger charge is 2.16. The van der Waals surface area contributed by atoms with Crippen molar-refractivity contribution in [3.63, 3.8) is 0 Å². The molecule has 1 heteroatoms. The predicted molar refractivity (Wildman–Crippen MR) is 52.4 cm³/mol. The van der Waals surface area contributed by atoms with Crippen molar-refractivity contribution in [3.8, 4) is 0 Å². The van der Waals surface area contributed by atoms with Crippen LogP contribution in [0.5, 0.6) is 0 Å². The third-order valence-electron chi connectivity index (χ3n) is 2.22. The summed E-state index contributed by atoms with van der Waals surface area (Å²) in [5, 5.41) is 3.45. The molecule has 0 amide bonds. The van der Waals surface area contributed by atoms with Gasteiger partial charge in [-0.2, -0.15) is 0 Å². The Morgan fingerprint density at radius 3 is 3.00 bits per heavy atom. The SMILES string of the molecule is CC=CC1Cc2ccccc2N1. The zero-order chi connectivity index (χ0) is 8.39. The summed E-state index contributed by atoms with van der Waals surface area (Å²) >= 11 is 0. The first-order chi connectivity index (χ1) is 5.90. The van der Waals surface area contributed by atoms with Gasteiger partial charge in [0.05, 0.1) is 0 Å². The second-order valence-corrected chi connectivity index (χ2v) is 3.14. The highest BCUT2D eigenvalue weighted by molar-refractivity contribution is 5.57. The number of hydrogen-bond donors (Lipinski definition) is 1. The van der Waals surface area contributed by atoms with Gasteiger partial charge < -0.3 is 5.32 Å². The van der Waals surface area contributed by atoms with Crippen molar-refractivity contribution in [1.82, 2.24) is 0 Å². The van der Waals surface area contributed by atoms with Crippen LogP contribution in [0, 0.1) is 0 Å². The molecule has 0 bridgehead atoms. The zero-order valence-electron chi connectivity index (χ0n) is 7.25. The second-order valence-electron chi connectivity index (χ2n) is 3.14. The normalized spacial score (nSPS) is 20.9. The lowest BCUT2D eigenvalue weighted by Crippen LogP contribution is -2.10. The molecule has 12 heavy (non-hydrogen) atoms. The fourth-order valence-corrected chi connectivity index (χ4v) is 1.68. The van der Waals surface area contributed by atoms with Crippen LogP contribution < -0.4 is 5.32 Å². The van der Waals surface area contributed by atoms with Gasteiger partial charge in [-0.25, -0.2) is 0 Å². The first-order valence-electron chi connectivity index (χ1n) is 4.37. The maximum atomic E-state index is 3.45. The molecule has 1 unspecified atom stereocenters. The summed E-state index contributed by atoms with van der Waals surface area (Å²) < 4.78 is 0. The molecule has 0 spiro atoms. The van der Waals surface area contributed by atoms with Crippen LogP contribution in [0.1, 0.15) is 12.5 Å². The third kappa shape index (κ3) is 1.22. The quantitative estimate of drug-likeness (QED) is 0.621.